The van der Waals surface area contributed by atoms with Crippen LogP contribution in [0.15, 0.2) is 59.8 Å². The summed E-state index contributed by atoms with van der Waals surface area (Å²) in [7, 11) is 5.27. The van der Waals surface area contributed by atoms with Crippen LogP contribution in [0, 0.1) is 0 Å². The van der Waals surface area contributed by atoms with E-state index in [0.29, 0.717) is 12.6 Å². The van der Waals surface area contributed by atoms with Gasteiger partial charge in [-0.3, -0.25) is 4.79 Å². The number of likely N-dealkylation sites (N-methyl/N-ethyl adjacent to an activating group) is 1. The first-order valence-corrected chi connectivity index (χ1v) is 12.7. The minimum Gasteiger partial charge on any atom is -0.497 e. The number of hydrogen-bond donors (Lipinski definition) is 1. The zero-order valence-electron chi connectivity index (χ0n) is 20.1. The van der Waals surface area contributed by atoms with Crippen LogP contribution in [0.1, 0.15) is 54.8 Å². The average molecular weight is 480 g/mol. The highest BCUT2D eigenvalue weighted by molar-refractivity contribution is 8.00. The molecule has 0 saturated heterocycles. The Kier molecular flexibility index (Phi) is 8.11. The number of carbonyl (C=O) groups is 1. The maximum Gasteiger partial charge on any atom is 0.240 e. The van der Waals surface area contributed by atoms with Crippen molar-refractivity contribution >= 4 is 23.4 Å². The van der Waals surface area contributed by atoms with Gasteiger partial charge in [0.15, 0.2) is 11.0 Å². The van der Waals surface area contributed by atoms with Gasteiger partial charge in [0.2, 0.25) is 5.91 Å². The molecule has 1 aliphatic carbocycles. The third kappa shape index (κ3) is 5.73. The summed E-state index contributed by atoms with van der Waals surface area (Å²) >= 11 is 1.50. The minimum atomic E-state index is -0.373. The van der Waals surface area contributed by atoms with Crippen molar-refractivity contribution in [2.75, 3.05) is 26.5 Å². The Hall–Kier alpha value is -3.00. The van der Waals surface area contributed by atoms with Crippen molar-refractivity contribution in [2.24, 2.45) is 0 Å². The molecule has 0 bridgehead atoms. The molecule has 8 heteroatoms. The molecular weight excluding hydrogens is 446 g/mol. The Bertz CT molecular complexity index is 1080. The number of aromatic nitrogens is 3. The molecule has 1 aromatic heterocycles. The molecule has 34 heavy (non-hydrogen) atoms. The van der Waals surface area contributed by atoms with E-state index in [1.165, 1.54) is 31.0 Å². The molecule has 1 heterocycles. The number of rotatable bonds is 9. The van der Waals surface area contributed by atoms with Gasteiger partial charge < -0.3 is 19.5 Å². The van der Waals surface area contributed by atoms with Crippen LogP contribution in [0.2, 0.25) is 0 Å². The second-order valence-corrected chi connectivity index (χ2v) is 9.86. The summed E-state index contributed by atoms with van der Waals surface area (Å²) in [5.74, 6) is 1.75. The topological polar surface area (TPSA) is 72.3 Å². The lowest BCUT2D eigenvalue weighted by molar-refractivity contribution is -0.128. The number of nitrogens with one attached hydrogen (secondary N) is 1. The molecule has 0 radical (unpaired) electrons. The van der Waals surface area contributed by atoms with Crippen molar-refractivity contribution in [1.29, 1.82) is 0 Å². The van der Waals surface area contributed by atoms with Crippen LogP contribution >= 0.6 is 11.8 Å². The largest absolute Gasteiger partial charge is 0.497 e. The summed E-state index contributed by atoms with van der Waals surface area (Å²) in [5.41, 5.74) is 1.94. The zero-order valence-corrected chi connectivity index (χ0v) is 20.9. The summed E-state index contributed by atoms with van der Waals surface area (Å²) in [5, 5.41) is 13.1. The lowest BCUT2D eigenvalue weighted by Gasteiger charge is -2.27. The smallest absolute Gasteiger partial charge is 0.240 e. The normalized spacial score (nSPS) is 15.0. The number of anilines is 1. The van der Waals surface area contributed by atoms with Gasteiger partial charge in [-0.2, -0.15) is 0 Å². The van der Waals surface area contributed by atoms with Gasteiger partial charge in [-0.05, 0) is 30.5 Å². The van der Waals surface area contributed by atoms with E-state index in [2.05, 4.69) is 20.1 Å². The van der Waals surface area contributed by atoms with E-state index in [9.17, 15) is 4.79 Å². The van der Waals surface area contributed by atoms with Gasteiger partial charge in [-0.1, -0.05) is 67.4 Å². The van der Waals surface area contributed by atoms with Crippen molar-refractivity contribution in [3.8, 4) is 5.75 Å². The lowest BCUT2D eigenvalue weighted by Crippen LogP contribution is -2.27. The van der Waals surface area contributed by atoms with Crippen LogP contribution in [0.3, 0.4) is 0 Å². The van der Waals surface area contributed by atoms with Crippen molar-refractivity contribution in [2.45, 2.75) is 55.1 Å². The van der Waals surface area contributed by atoms with E-state index in [1.807, 2.05) is 54.6 Å². The van der Waals surface area contributed by atoms with E-state index >= 15 is 0 Å². The van der Waals surface area contributed by atoms with Crippen molar-refractivity contribution in [3.05, 3.63) is 66.0 Å². The number of amides is 1. The molecule has 1 amide bonds. The summed E-state index contributed by atoms with van der Waals surface area (Å²) < 4.78 is 7.62. The second-order valence-electron chi connectivity index (χ2n) is 8.79. The van der Waals surface area contributed by atoms with E-state index in [4.69, 9.17) is 4.74 Å². The summed E-state index contributed by atoms with van der Waals surface area (Å²) in [4.78, 5) is 14.8. The number of carbonyl (C=O) groups excluding carboxylic acids is 1. The van der Waals surface area contributed by atoms with Gasteiger partial charge in [0, 0.05) is 31.9 Å². The van der Waals surface area contributed by atoms with Gasteiger partial charge in [0.25, 0.3) is 0 Å². The molecule has 3 aromatic rings. The Morgan fingerprint density at radius 2 is 1.88 bits per heavy atom. The SMILES string of the molecule is COc1cccc(NCc2nnc(S[C@@H](C(=O)N(C)C)c3ccccc3)n2C2CCCCC2)c1. The zero-order chi connectivity index (χ0) is 23.9. The molecule has 2 aromatic carbocycles. The van der Waals surface area contributed by atoms with Crippen molar-refractivity contribution < 1.29 is 9.53 Å². The van der Waals surface area contributed by atoms with Crippen molar-refractivity contribution in [3.63, 3.8) is 0 Å². The van der Waals surface area contributed by atoms with Gasteiger partial charge in [0.1, 0.15) is 11.0 Å². The number of nitrogens with zero attached hydrogens (tertiary/aromatic N) is 4. The van der Waals surface area contributed by atoms with Crippen LogP contribution < -0.4 is 10.1 Å². The van der Waals surface area contributed by atoms with Gasteiger partial charge in [-0.15, -0.1) is 10.2 Å². The van der Waals surface area contributed by atoms with E-state index < -0.39 is 0 Å². The van der Waals surface area contributed by atoms with Crippen LogP contribution in [-0.4, -0.2) is 46.8 Å². The molecule has 1 aliphatic rings. The maximum absolute atomic E-state index is 13.1. The molecular formula is C26H33N5O2S. The fraction of sp³-hybridized carbons (Fsp3) is 0.423. The Morgan fingerprint density at radius 1 is 1.12 bits per heavy atom. The third-order valence-corrected chi connectivity index (χ3v) is 7.38. The van der Waals surface area contributed by atoms with Crippen LogP contribution in [0.5, 0.6) is 5.75 Å². The molecule has 180 valence electrons. The highest BCUT2D eigenvalue weighted by atomic mass is 32.2. The fourth-order valence-corrected chi connectivity index (χ4v) is 5.63. The predicted molar refractivity (Wildman–Crippen MR) is 136 cm³/mol. The van der Waals surface area contributed by atoms with E-state index in [0.717, 1.165) is 40.8 Å². The van der Waals surface area contributed by atoms with Crippen LogP contribution in [0.4, 0.5) is 5.69 Å². The predicted octanol–water partition coefficient (Wildman–Crippen LogP) is 5.33. The highest BCUT2D eigenvalue weighted by Crippen LogP contribution is 2.39. The highest BCUT2D eigenvalue weighted by Gasteiger charge is 2.29. The van der Waals surface area contributed by atoms with Gasteiger partial charge in [0.05, 0.1) is 13.7 Å². The molecule has 1 fully saturated rings. The first kappa shape index (κ1) is 24.1. The van der Waals surface area contributed by atoms with Crippen molar-refractivity contribution in [1.82, 2.24) is 19.7 Å². The Morgan fingerprint density at radius 3 is 2.59 bits per heavy atom. The molecule has 1 atom stereocenters. The molecule has 1 saturated carbocycles. The monoisotopic (exact) mass is 479 g/mol. The lowest BCUT2D eigenvalue weighted by atomic mass is 9.95. The fourth-order valence-electron chi connectivity index (χ4n) is 4.36. The summed E-state index contributed by atoms with van der Waals surface area (Å²) in [6.07, 6.45) is 5.89. The number of ether oxygens (including phenoxy) is 1. The van der Waals surface area contributed by atoms with Gasteiger partial charge in [-0.25, -0.2) is 0 Å². The van der Waals surface area contributed by atoms with Gasteiger partial charge >= 0.3 is 0 Å². The molecule has 0 unspecified atom stereocenters. The molecule has 0 spiro atoms. The molecule has 7 nitrogen and oxygen atoms in total. The molecule has 1 N–H and O–H groups in total. The second kappa shape index (κ2) is 11.4. The quantitative estimate of drug-likeness (QED) is 0.419. The number of thioether (sulfide) groups is 1. The Labute approximate surface area is 205 Å². The minimum absolute atomic E-state index is 0.0467. The standard InChI is InChI=1S/C26H33N5O2S/c1-30(2)25(32)24(19-11-6-4-7-12-19)34-26-29-28-23(31(26)21-14-8-5-9-15-21)18-27-20-13-10-16-22(17-20)33-3/h4,6-7,10-13,16-17,21,24,27H,5,8-9,14-15,18H2,1-3H3/t24-/m1/s1. The molecule has 0 aliphatic heterocycles. The van der Waals surface area contributed by atoms with Crippen LogP contribution in [0.25, 0.3) is 0 Å². The first-order valence-electron chi connectivity index (χ1n) is 11.8. The average Bonchev–Trinajstić information content (AvgIpc) is 3.29. The number of hydrogen-bond acceptors (Lipinski definition) is 6. The number of benzene rings is 2. The third-order valence-electron chi connectivity index (χ3n) is 6.19. The molecule has 4 rings (SSSR count). The van der Waals surface area contributed by atoms with E-state index in [-0.39, 0.29) is 11.2 Å². The first-order chi connectivity index (χ1) is 16.6. The van der Waals surface area contributed by atoms with Crippen LogP contribution in [-0.2, 0) is 11.3 Å². The summed E-state index contributed by atoms with van der Waals surface area (Å²) in [6.45, 7) is 0.550. The number of methoxy groups -OCH3 is 1. The Balaban J connectivity index is 1.63. The summed E-state index contributed by atoms with van der Waals surface area (Å²) in [6, 6.07) is 18.2. The van der Waals surface area contributed by atoms with E-state index in [1.54, 1.807) is 26.1 Å². The maximum atomic E-state index is 13.1.